The molecule has 1 amide bonds. The minimum absolute atomic E-state index is 0.00570. The topological polar surface area (TPSA) is 41.1 Å². The highest BCUT2D eigenvalue weighted by atomic mass is 19.1. The van der Waals surface area contributed by atoms with Crippen molar-refractivity contribution < 1.29 is 9.18 Å². The molecule has 0 radical (unpaired) electrons. The van der Waals surface area contributed by atoms with Crippen molar-refractivity contribution in [2.24, 2.45) is 0 Å². The van der Waals surface area contributed by atoms with Gasteiger partial charge in [-0.1, -0.05) is 6.07 Å². The lowest BCUT2D eigenvalue weighted by Gasteiger charge is -2.18. The number of halogens is 1. The first-order chi connectivity index (χ1) is 8.16. The van der Waals surface area contributed by atoms with Crippen LogP contribution in [0.5, 0.6) is 0 Å². The number of amides is 1. The molecule has 1 aliphatic heterocycles. The van der Waals surface area contributed by atoms with Crippen LogP contribution in [0.4, 0.5) is 10.1 Å². The van der Waals surface area contributed by atoms with Gasteiger partial charge in [-0.05, 0) is 43.9 Å². The highest BCUT2D eigenvalue weighted by Gasteiger charge is 2.20. The summed E-state index contributed by atoms with van der Waals surface area (Å²) in [5, 5.41) is 5.98. The van der Waals surface area contributed by atoms with Crippen LogP contribution in [0.15, 0.2) is 18.2 Å². The predicted molar refractivity (Wildman–Crippen MR) is 65.4 cm³/mol. The van der Waals surface area contributed by atoms with Gasteiger partial charge in [0.25, 0.3) is 0 Å². The Hall–Kier alpha value is -1.58. The van der Waals surface area contributed by atoms with Crippen LogP contribution in [0, 0.1) is 12.7 Å². The molecule has 1 aromatic carbocycles. The molecule has 1 aromatic rings. The molecular weight excluding hydrogens is 219 g/mol. The molecule has 0 aromatic heterocycles. The third kappa shape index (κ3) is 2.96. The SMILES string of the molecule is Cc1ccc(F)cc1NC1CCCCNC1=O. The minimum Gasteiger partial charge on any atom is -0.373 e. The Bertz CT molecular complexity index is 420. The molecule has 1 atom stereocenters. The van der Waals surface area contributed by atoms with E-state index in [1.165, 1.54) is 12.1 Å². The van der Waals surface area contributed by atoms with Gasteiger partial charge in [-0.15, -0.1) is 0 Å². The minimum atomic E-state index is -0.285. The third-order valence-electron chi connectivity index (χ3n) is 3.06. The molecule has 1 fully saturated rings. The van der Waals surface area contributed by atoms with Crippen molar-refractivity contribution in [3.63, 3.8) is 0 Å². The maximum absolute atomic E-state index is 13.1. The summed E-state index contributed by atoms with van der Waals surface area (Å²) in [5.41, 5.74) is 1.65. The van der Waals surface area contributed by atoms with Crippen LogP contribution in [0.2, 0.25) is 0 Å². The summed E-state index contributed by atoms with van der Waals surface area (Å²) < 4.78 is 13.1. The quantitative estimate of drug-likeness (QED) is 0.826. The van der Waals surface area contributed by atoms with Crippen LogP contribution in [0.1, 0.15) is 24.8 Å². The van der Waals surface area contributed by atoms with Gasteiger partial charge in [0.05, 0.1) is 0 Å². The summed E-state index contributed by atoms with van der Waals surface area (Å²) in [6.45, 7) is 2.63. The number of aryl methyl sites for hydroxylation is 1. The molecule has 2 rings (SSSR count). The highest BCUT2D eigenvalue weighted by molar-refractivity contribution is 5.85. The molecule has 2 N–H and O–H groups in total. The van der Waals surface area contributed by atoms with Crippen molar-refractivity contribution in [1.82, 2.24) is 5.32 Å². The number of carbonyl (C=O) groups is 1. The molecule has 0 saturated carbocycles. The zero-order chi connectivity index (χ0) is 12.3. The van der Waals surface area contributed by atoms with E-state index in [-0.39, 0.29) is 17.8 Å². The van der Waals surface area contributed by atoms with Gasteiger partial charge >= 0.3 is 0 Å². The molecule has 1 unspecified atom stereocenters. The first-order valence-electron chi connectivity index (χ1n) is 5.97. The van der Waals surface area contributed by atoms with Crippen molar-refractivity contribution in [2.45, 2.75) is 32.2 Å². The maximum atomic E-state index is 13.1. The monoisotopic (exact) mass is 236 g/mol. The van der Waals surface area contributed by atoms with Gasteiger partial charge in [0.15, 0.2) is 0 Å². The van der Waals surface area contributed by atoms with Crippen LogP contribution in [0.3, 0.4) is 0 Å². The lowest BCUT2D eigenvalue weighted by Crippen LogP contribution is -2.38. The molecule has 92 valence electrons. The Kier molecular flexibility index (Phi) is 3.61. The first-order valence-corrected chi connectivity index (χ1v) is 5.97. The Morgan fingerprint density at radius 3 is 3.06 bits per heavy atom. The van der Waals surface area contributed by atoms with Crippen LogP contribution in [0.25, 0.3) is 0 Å². The summed E-state index contributed by atoms with van der Waals surface area (Å²) in [6.07, 6.45) is 2.80. The van der Waals surface area contributed by atoms with Gasteiger partial charge in [0, 0.05) is 12.2 Å². The van der Waals surface area contributed by atoms with E-state index in [0.717, 1.165) is 31.4 Å². The average Bonchev–Trinajstić information content (AvgIpc) is 2.50. The fourth-order valence-electron chi connectivity index (χ4n) is 2.01. The molecular formula is C13H17FN2O. The Morgan fingerprint density at radius 2 is 2.24 bits per heavy atom. The fourth-order valence-corrected chi connectivity index (χ4v) is 2.01. The van der Waals surface area contributed by atoms with E-state index in [1.807, 2.05) is 6.92 Å². The lowest BCUT2D eigenvalue weighted by molar-refractivity contribution is -0.121. The summed E-state index contributed by atoms with van der Waals surface area (Å²) in [6, 6.07) is 4.32. The smallest absolute Gasteiger partial charge is 0.242 e. The summed E-state index contributed by atoms with van der Waals surface area (Å²) in [4.78, 5) is 11.7. The highest BCUT2D eigenvalue weighted by Crippen LogP contribution is 2.19. The zero-order valence-corrected chi connectivity index (χ0v) is 9.92. The maximum Gasteiger partial charge on any atom is 0.242 e. The molecule has 0 spiro atoms. The second-order valence-electron chi connectivity index (χ2n) is 4.44. The second kappa shape index (κ2) is 5.17. The molecule has 1 aliphatic rings. The van der Waals surface area contributed by atoms with Crippen molar-refractivity contribution >= 4 is 11.6 Å². The van der Waals surface area contributed by atoms with Crippen molar-refractivity contribution in [1.29, 1.82) is 0 Å². The predicted octanol–water partition coefficient (Wildman–Crippen LogP) is 2.21. The van der Waals surface area contributed by atoms with E-state index < -0.39 is 0 Å². The molecule has 4 heteroatoms. The number of rotatable bonds is 2. The Morgan fingerprint density at radius 1 is 1.41 bits per heavy atom. The van der Waals surface area contributed by atoms with Crippen molar-refractivity contribution in [3.8, 4) is 0 Å². The number of anilines is 1. The Labute approximate surface area is 100 Å². The number of hydrogen-bond donors (Lipinski definition) is 2. The molecule has 1 saturated heterocycles. The van der Waals surface area contributed by atoms with Crippen LogP contribution in [-0.2, 0) is 4.79 Å². The standard InChI is InChI=1S/C13H17FN2O/c1-9-5-6-10(14)8-12(9)16-11-4-2-3-7-15-13(11)17/h5-6,8,11,16H,2-4,7H2,1H3,(H,15,17). The summed E-state index contributed by atoms with van der Waals surface area (Å²) in [7, 11) is 0. The molecule has 0 bridgehead atoms. The second-order valence-corrected chi connectivity index (χ2v) is 4.44. The summed E-state index contributed by atoms with van der Waals surface area (Å²) >= 11 is 0. The average molecular weight is 236 g/mol. The van der Waals surface area contributed by atoms with E-state index in [9.17, 15) is 9.18 Å². The zero-order valence-electron chi connectivity index (χ0n) is 9.92. The van der Waals surface area contributed by atoms with E-state index in [0.29, 0.717) is 5.69 Å². The van der Waals surface area contributed by atoms with Crippen molar-refractivity contribution in [2.75, 3.05) is 11.9 Å². The largest absolute Gasteiger partial charge is 0.373 e. The van der Waals surface area contributed by atoms with Gasteiger partial charge < -0.3 is 10.6 Å². The molecule has 3 nitrogen and oxygen atoms in total. The van der Waals surface area contributed by atoms with Gasteiger partial charge in [-0.2, -0.15) is 0 Å². The van der Waals surface area contributed by atoms with Gasteiger partial charge in [0.1, 0.15) is 11.9 Å². The van der Waals surface area contributed by atoms with E-state index in [1.54, 1.807) is 6.07 Å². The lowest BCUT2D eigenvalue weighted by atomic mass is 10.1. The molecule has 17 heavy (non-hydrogen) atoms. The van der Waals surface area contributed by atoms with E-state index >= 15 is 0 Å². The Balaban J connectivity index is 2.13. The van der Waals surface area contributed by atoms with Gasteiger partial charge in [-0.3, -0.25) is 4.79 Å². The van der Waals surface area contributed by atoms with Crippen LogP contribution in [-0.4, -0.2) is 18.5 Å². The van der Waals surface area contributed by atoms with Crippen molar-refractivity contribution in [3.05, 3.63) is 29.6 Å². The van der Waals surface area contributed by atoms with Crippen LogP contribution < -0.4 is 10.6 Å². The number of benzene rings is 1. The molecule has 0 aliphatic carbocycles. The third-order valence-corrected chi connectivity index (χ3v) is 3.06. The van der Waals surface area contributed by atoms with E-state index in [4.69, 9.17) is 0 Å². The van der Waals surface area contributed by atoms with E-state index in [2.05, 4.69) is 10.6 Å². The summed E-state index contributed by atoms with van der Waals surface area (Å²) in [5.74, 6) is -0.279. The fraction of sp³-hybridized carbons (Fsp3) is 0.462. The van der Waals surface area contributed by atoms with Gasteiger partial charge in [0.2, 0.25) is 5.91 Å². The normalized spacial score (nSPS) is 20.6. The number of nitrogens with one attached hydrogen (secondary N) is 2. The van der Waals surface area contributed by atoms with Crippen LogP contribution >= 0.6 is 0 Å². The number of carbonyl (C=O) groups excluding carboxylic acids is 1. The number of hydrogen-bond acceptors (Lipinski definition) is 2. The molecule has 1 heterocycles. The first kappa shape index (κ1) is 11.9. The van der Waals surface area contributed by atoms with Gasteiger partial charge in [-0.25, -0.2) is 4.39 Å².